The van der Waals surface area contributed by atoms with Gasteiger partial charge in [-0.3, -0.25) is 9.78 Å². The minimum absolute atomic E-state index is 0. The number of hydrogen-bond donors (Lipinski definition) is 1. The molecule has 1 aliphatic carbocycles. The minimum Gasteiger partial charge on any atom is -0.353 e. The molecule has 0 unspecified atom stereocenters. The SMILES string of the molecule is CN1C(=O)C2(CCC2)c2c1cnc1ccc(-c3cnc(N4CC(N(C)C)C4)c(CS(N)(=O)=O)c3)cc21.Cl. The van der Waals surface area contributed by atoms with Gasteiger partial charge in [0.25, 0.3) is 0 Å². The van der Waals surface area contributed by atoms with Gasteiger partial charge in [0, 0.05) is 54.5 Å². The van der Waals surface area contributed by atoms with Gasteiger partial charge in [0.1, 0.15) is 5.82 Å². The molecule has 3 aliphatic rings. The van der Waals surface area contributed by atoms with E-state index < -0.39 is 15.4 Å². The number of halogens is 1. The number of carbonyl (C=O) groups excluding carboxylic acids is 1. The molecule has 1 saturated heterocycles. The molecule has 0 atom stereocenters. The molecule has 2 N–H and O–H groups in total. The first-order chi connectivity index (χ1) is 17.1. The Morgan fingerprint density at radius 2 is 1.84 bits per heavy atom. The summed E-state index contributed by atoms with van der Waals surface area (Å²) in [4.78, 5) is 28.5. The lowest BCUT2D eigenvalue weighted by Crippen LogP contribution is -2.58. The third-order valence-electron chi connectivity index (χ3n) is 8.13. The van der Waals surface area contributed by atoms with E-state index in [2.05, 4.69) is 20.9 Å². The number of nitrogens with zero attached hydrogens (tertiary/aromatic N) is 5. The second-order valence-corrected chi connectivity index (χ2v) is 12.2. The zero-order chi connectivity index (χ0) is 25.4. The molecule has 3 aromatic rings. The first-order valence-corrected chi connectivity index (χ1v) is 13.9. The number of nitrogens with two attached hydrogens (primary N) is 1. The Bertz CT molecular complexity index is 1520. The van der Waals surface area contributed by atoms with Crippen molar-refractivity contribution in [3.8, 4) is 11.1 Å². The maximum Gasteiger partial charge on any atom is 0.237 e. The molecule has 0 bridgehead atoms. The molecule has 1 aromatic carbocycles. The van der Waals surface area contributed by atoms with Gasteiger partial charge in [-0.25, -0.2) is 18.5 Å². The Labute approximate surface area is 223 Å². The van der Waals surface area contributed by atoms with Crippen LogP contribution in [-0.2, 0) is 26.0 Å². The zero-order valence-electron chi connectivity index (χ0n) is 21.1. The molecule has 2 aromatic heterocycles. The van der Waals surface area contributed by atoms with Crippen LogP contribution in [0, 0.1) is 0 Å². The first kappa shape index (κ1) is 25.8. The summed E-state index contributed by atoms with van der Waals surface area (Å²) in [6.45, 7) is 1.57. The highest BCUT2D eigenvalue weighted by Gasteiger charge is 2.54. The molecular formula is C26H31ClN6O3S. The molecule has 6 rings (SSSR count). The summed E-state index contributed by atoms with van der Waals surface area (Å²) in [6, 6.07) is 8.28. The molecule has 1 saturated carbocycles. The minimum atomic E-state index is -3.74. The van der Waals surface area contributed by atoms with Crippen molar-refractivity contribution < 1.29 is 13.2 Å². The van der Waals surface area contributed by atoms with E-state index in [-0.39, 0.29) is 24.1 Å². The molecule has 2 aliphatic heterocycles. The van der Waals surface area contributed by atoms with Crippen LogP contribution in [0.2, 0.25) is 0 Å². The Hall–Kier alpha value is -2.79. The Morgan fingerprint density at radius 3 is 2.46 bits per heavy atom. The summed E-state index contributed by atoms with van der Waals surface area (Å²) >= 11 is 0. The predicted molar refractivity (Wildman–Crippen MR) is 148 cm³/mol. The number of aromatic nitrogens is 2. The van der Waals surface area contributed by atoms with Crippen LogP contribution in [0.4, 0.5) is 11.5 Å². The maximum atomic E-state index is 13.2. The highest BCUT2D eigenvalue weighted by molar-refractivity contribution is 7.88. The van der Waals surface area contributed by atoms with Crippen LogP contribution in [0.25, 0.3) is 22.0 Å². The Kier molecular flexibility index (Phi) is 6.22. The molecule has 37 heavy (non-hydrogen) atoms. The number of benzene rings is 1. The number of carbonyl (C=O) groups is 1. The van der Waals surface area contributed by atoms with Crippen molar-refractivity contribution in [3.63, 3.8) is 0 Å². The molecule has 1 spiro atoms. The number of sulfonamides is 1. The van der Waals surface area contributed by atoms with E-state index in [4.69, 9.17) is 10.1 Å². The van der Waals surface area contributed by atoms with Crippen molar-refractivity contribution in [2.75, 3.05) is 44.0 Å². The van der Waals surface area contributed by atoms with Gasteiger partial charge in [-0.1, -0.05) is 12.5 Å². The highest BCUT2D eigenvalue weighted by atomic mass is 35.5. The van der Waals surface area contributed by atoms with Crippen LogP contribution in [0.15, 0.2) is 36.7 Å². The molecule has 196 valence electrons. The van der Waals surface area contributed by atoms with Crippen LogP contribution >= 0.6 is 12.4 Å². The van der Waals surface area contributed by atoms with Gasteiger partial charge in [0.2, 0.25) is 15.9 Å². The van der Waals surface area contributed by atoms with Crippen molar-refractivity contribution in [1.29, 1.82) is 0 Å². The lowest BCUT2D eigenvalue weighted by Gasteiger charge is -2.44. The van der Waals surface area contributed by atoms with E-state index in [9.17, 15) is 13.2 Å². The number of primary sulfonamides is 1. The Balaban J connectivity index is 0.00000280. The van der Waals surface area contributed by atoms with E-state index in [0.29, 0.717) is 17.4 Å². The third-order valence-corrected chi connectivity index (χ3v) is 8.85. The van der Waals surface area contributed by atoms with Crippen LogP contribution in [0.5, 0.6) is 0 Å². The van der Waals surface area contributed by atoms with Gasteiger partial charge in [0.05, 0.1) is 28.6 Å². The van der Waals surface area contributed by atoms with Gasteiger partial charge in [-0.05, 0) is 50.7 Å². The second kappa shape index (κ2) is 8.90. The number of rotatable bonds is 5. The quantitative estimate of drug-likeness (QED) is 0.527. The fourth-order valence-electron chi connectivity index (χ4n) is 5.87. The predicted octanol–water partition coefficient (Wildman–Crippen LogP) is 2.66. The summed E-state index contributed by atoms with van der Waals surface area (Å²) in [5.74, 6) is 0.532. The smallest absolute Gasteiger partial charge is 0.237 e. The second-order valence-electron chi connectivity index (χ2n) is 10.6. The number of pyridine rings is 2. The number of hydrogen-bond acceptors (Lipinski definition) is 7. The molecule has 0 radical (unpaired) electrons. The van der Waals surface area contributed by atoms with E-state index >= 15 is 0 Å². The molecule has 9 nitrogen and oxygen atoms in total. The van der Waals surface area contributed by atoms with Crippen molar-refractivity contribution >= 4 is 50.7 Å². The fraction of sp³-hybridized carbons (Fsp3) is 0.423. The van der Waals surface area contributed by atoms with E-state index in [1.165, 1.54) is 0 Å². The first-order valence-electron chi connectivity index (χ1n) is 12.2. The van der Waals surface area contributed by atoms with Gasteiger partial charge in [0.15, 0.2) is 0 Å². The van der Waals surface area contributed by atoms with Crippen LogP contribution < -0.4 is 14.9 Å². The van der Waals surface area contributed by atoms with Gasteiger partial charge >= 0.3 is 0 Å². The van der Waals surface area contributed by atoms with Crippen LogP contribution in [0.3, 0.4) is 0 Å². The molecule has 4 heterocycles. The highest BCUT2D eigenvalue weighted by Crippen LogP contribution is 2.55. The Morgan fingerprint density at radius 1 is 1.11 bits per heavy atom. The number of fused-ring (bicyclic) bond motifs is 4. The van der Waals surface area contributed by atoms with Crippen molar-refractivity contribution in [3.05, 3.63) is 47.8 Å². The lowest BCUT2D eigenvalue weighted by molar-refractivity contribution is -0.125. The van der Waals surface area contributed by atoms with Gasteiger partial charge < -0.3 is 14.7 Å². The third kappa shape index (κ3) is 4.06. The van der Waals surface area contributed by atoms with Gasteiger partial charge in [-0.2, -0.15) is 0 Å². The summed E-state index contributed by atoms with van der Waals surface area (Å²) < 4.78 is 24.1. The summed E-state index contributed by atoms with van der Waals surface area (Å²) in [5.41, 5.74) is 4.63. The number of likely N-dealkylation sites (N-methyl/N-ethyl adjacent to an activating group) is 2. The van der Waals surface area contributed by atoms with Crippen molar-refractivity contribution in [2.24, 2.45) is 5.14 Å². The monoisotopic (exact) mass is 542 g/mol. The zero-order valence-corrected chi connectivity index (χ0v) is 22.8. The van der Waals surface area contributed by atoms with E-state index in [0.717, 1.165) is 65.6 Å². The van der Waals surface area contributed by atoms with E-state index in [1.54, 1.807) is 17.3 Å². The maximum absolute atomic E-state index is 13.2. The fourth-order valence-corrected chi connectivity index (χ4v) is 6.52. The number of anilines is 2. The standard InChI is InChI=1S/C26H30N6O3S.ClH/c1-30(2)19-13-32(14-19)24-18(15-36(27,34)35)9-17(11-29-24)16-5-6-21-20(10-16)23-22(12-28-21)31(3)25(33)26(23)7-4-8-26;/h5-6,9-12,19H,4,7-8,13-15H2,1-3H3,(H2,27,34,35);1H. The van der Waals surface area contributed by atoms with Crippen molar-refractivity contribution in [2.45, 2.75) is 36.5 Å². The van der Waals surface area contributed by atoms with Gasteiger partial charge in [-0.15, -0.1) is 12.4 Å². The topological polar surface area (TPSA) is 113 Å². The lowest BCUT2D eigenvalue weighted by atomic mass is 9.64. The summed E-state index contributed by atoms with van der Waals surface area (Å²) in [7, 11) is 2.15. The van der Waals surface area contributed by atoms with E-state index in [1.807, 2.05) is 39.3 Å². The van der Waals surface area contributed by atoms with Crippen LogP contribution in [0.1, 0.15) is 30.4 Å². The average Bonchev–Trinajstić information content (AvgIpc) is 2.99. The summed E-state index contributed by atoms with van der Waals surface area (Å²) in [5, 5.41) is 6.42. The average molecular weight is 543 g/mol. The largest absolute Gasteiger partial charge is 0.353 e. The number of amides is 1. The molecule has 2 fully saturated rings. The molecular weight excluding hydrogens is 512 g/mol. The normalized spacial score (nSPS) is 18.7. The molecule has 11 heteroatoms. The summed E-state index contributed by atoms with van der Waals surface area (Å²) in [6.07, 6.45) is 6.34. The van der Waals surface area contributed by atoms with Crippen LogP contribution in [-0.4, -0.2) is 69.5 Å². The molecule has 1 amide bonds. The van der Waals surface area contributed by atoms with Crippen molar-refractivity contribution in [1.82, 2.24) is 14.9 Å².